The zero-order chi connectivity index (χ0) is 28.1. The van der Waals surface area contributed by atoms with Crippen molar-refractivity contribution >= 4 is 58.2 Å². The molecule has 0 N–H and O–H groups in total. The molecule has 0 atom stereocenters. The van der Waals surface area contributed by atoms with Gasteiger partial charge in [-0.25, -0.2) is 4.79 Å². The third kappa shape index (κ3) is 6.76. The topological polar surface area (TPSA) is 82.1 Å². The Kier molecular flexibility index (Phi) is 9.22. The number of ether oxygens (including phenoxy) is 3. The molecule has 0 spiro atoms. The lowest BCUT2D eigenvalue weighted by Gasteiger charge is -2.15. The van der Waals surface area contributed by atoms with Crippen LogP contribution in [0.3, 0.4) is 0 Å². The second-order valence-electron chi connectivity index (χ2n) is 8.58. The molecule has 1 heterocycles. The minimum absolute atomic E-state index is 0.0253. The van der Waals surface area contributed by atoms with Gasteiger partial charge in [-0.1, -0.05) is 47.5 Å². The molecule has 1 saturated heterocycles. The summed E-state index contributed by atoms with van der Waals surface area (Å²) in [5.41, 5.74) is 2.70. The maximum absolute atomic E-state index is 13.0. The zero-order valence-corrected chi connectivity index (χ0v) is 23.8. The number of thioether (sulfide) groups is 1. The largest absolute Gasteiger partial charge is 0.491 e. The first kappa shape index (κ1) is 28.5. The van der Waals surface area contributed by atoms with Gasteiger partial charge in [0.1, 0.15) is 12.4 Å². The van der Waals surface area contributed by atoms with Crippen molar-refractivity contribution in [2.75, 3.05) is 19.8 Å². The average Bonchev–Trinajstić information content (AvgIpc) is 3.15. The fourth-order valence-corrected chi connectivity index (χ4v) is 5.10. The van der Waals surface area contributed by atoms with Crippen molar-refractivity contribution in [3.63, 3.8) is 0 Å². The summed E-state index contributed by atoms with van der Waals surface area (Å²) in [5.74, 6) is -0.181. The van der Waals surface area contributed by atoms with Gasteiger partial charge in [-0.15, -0.1) is 0 Å². The molecule has 202 valence electrons. The van der Waals surface area contributed by atoms with Gasteiger partial charge in [0.05, 0.1) is 33.7 Å². The summed E-state index contributed by atoms with van der Waals surface area (Å²) in [4.78, 5) is 39.6. The van der Waals surface area contributed by atoms with E-state index in [9.17, 15) is 14.4 Å². The molecule has 0 bridgehead atoms. The van der Waals surface area contributed by atoms with Crippen molar-refractivity contribution in [3.05, 3.63) is 91.8 Å². The Hall–Kier alpha value is -3.46. The molecule has 7 nitrogen and oxygen atoms in total. The van der Waals surface area contributed by atoms with Crippen LogP contribution in [0.4, 0.5) is 4.79 Å². The van der Waals surface area contributed by atoms with Gasteiger partial charge in [-0.3, -0.25) is 14.5 Å². The maximum Gasteiger partial charge on any atom is 0.345 e. The van der Waals surface area contributed by atoms with E-state index in [1.807, 2.05) is 32.0 Å². The van der Waals surface area contributed by atoms with E-state index < -0.39 is 17.1 Å². The normalized spacial score (nSPS) is 14.2. The van der Waals surface area contributed by atoms with E-state index in [4.69, 9.17) is 37.4 Å². The molecule has 0 aliphatic carbocycles. The Morgan fingerprint density at radius 2 is 1.74 bits per heavy atom. The van der Waals surface area contributed by atoms with Crippen LogP contribution in [0.1, 0.15) is 34.0 Å². The van der Waals surface area contributed by atoms with Crippen molar-refractivity contribution < 1.29 is 28.6 Å². The molecule has 1 aliphatic heterocycles. The fourth-order valence-electron chi connectivity index (χ4n) is 3.76. The highest BCUT2D eigenvalue weighted by Gasteiger charge is 2.35. The van der Waals surface area contributed by atoms with E-state index in [1.54, 1.807) is 37.3 Å². The van der Waals surface area contributed by atoms with Crippen LogP contribution in [0.15, 0.2) is 59.5 Å². The van der Waals surface area contributed by atoms with Gasteiger partial charge in [0.2, 0.25) is 0 Å². The van der Waals surface area contributed by atoms with E-state index >= 15 is 0 Å². The number of halogens is 2. The number of nitrogens with zero attached hydrogens (tertiary/aromatic N) is 1. The Labute approximate surface area is 240 Å². The quantitative estimate of drug-likeness (QED) is 0.147. The number of hydrogen-bond acceptors (Lipinski definition) is 7. The summed E-state index contributed by atoms with van der Waals surface area (Å²) in [6, 6.07) is 15.5. The number of benzene rings is 3. The molecule has 1 aliphatic rings. The summed E-state index contributed by atoms with van der Waals surface area (Å²) in [6.45, 7) is 6.21. The van der Waals surface area contributed by atoms with Crippen LogP contribution in [0.25, 0.3) is 6.08 Å². The molecule has 0 saturated carbocycles. The molecular weight excluding hydrogens is 561 g/mol. The van der Waals surface area contributed by atoms with E-state index in [0.29, 0.717) is 11.3 Å². The molecule has 3 aromatic carbocycles. The Bertz CT molecular complexity index is 1470. The first-order chi connectivity index (χ1) is 18.7. The van der Waals surface area contributed by atoms with Crippen LogP contribution in [-0.4, -0.2) is 41.8 Å². The van der Waals surface area contributed by atoms with Crippen LogP contribution in [0.5, 0.6) is 17.2 Å². The second kappa shape index (κ2) is 12.6. The minimum Gasteiger partial charge on any atom is -0.491 e. The lowest BCUT2D eigenvalue weighted by atomic mass is 10.1. The Morgan fingerprint density at radius 1 is 0.974 bits per heavy atom. The van der Waals surface area contributed by atoms with E-state index in [0.717, 1.165) is 27.8 Å². The number of carbonyl (C=O) groups excluding carboxylic acids is 3. The highest BCUT2D eigenvalue weighted by Crippen LogP contribution is 2.40. The fraction of sp³-hybridized carbons (Fsp3) is 0.207. The third-order valence-electron chi connectivity index (χ3n) is 5.71. The van der Waals surface area contributed by atoms with Gasteiger partial charge in [-0.2, -0.15) is 0 Å². The Balaban J connectivity index is 1.50. The lowest BCUT2D eigenvalue weighted by Crippen LogP contribution is -2.32. The van der Waals surface area contributed by atoms with Crippen molar-refractivity contribution in [2.24, 2.45) is 0 Å². The highest BCUT2D eigenvalue weighted by molar-refractivity contribution is 8.18. The van der Waals surface area contributed by atoms with Crippen LogP contribution < -0.4 is 14.2 Å². The molecule has 0 aromatic heterocycles. The number of amides is 2. The summed E-state index contributed by atoms with van der Waals surface area (Å²) < 4.78 is 17.0. The molecular formula is C29H25Cl2NO6S. The van der Waals surface area contributed by atoms with Gasteiger partial charge in [0.25, 0.3) is 11.1 Å². The van der Waals surface area contributed by atoms with Gasteiger partial charge >= 0.3 is 5.97 Å². The van der Waals surface area contributed by atoms with Crippen molar-refractivity contribution in [3.8, 4) is 17.2 Å². The van der Waals surface area contributed by atoms with Gasteiger partial charge in [-0.05, 0) is 85.6 Å². The SMILES string of the molecule is CCOc1cc(/C=C2\SC(=O)N(CCOc3cc(C)ccc3C)C2=O)cc(Cl)c1OC(=O)c1ccccc1Cl. The molecule has 39 heavy (non-hydrogen) atoms. The summed E-state index contributed by atoms with van der Waals surface area (Å²) in [7, 11) is 0. The number of aryl methyl sites for hydroxylation is 2. The monoisotopic (exact) mass is 585 g/mol. The maximum atomic E-state index is 13.0. The minimum atomic E-state index is -0.694. The predicted octanol–water partition coefficient (Wildman–Crippen LogP) is 7.34. The lowest BCUT2D eigenvalue weighted by molar-refractivity contribution is -0.123. The number of rotatable bonds is 9. The number of hydrogen-bond donors (Lipinski definition) is 0. The number of imide groups is 1. The molecule has 0 unspecified atom stereocenters. The van der Waals surface area contributed by atoms with E-state index in [-0.39, 0.29) is 51.8 Å². The molecule has 0 radical (unpaired) electrons. The van der Waals surface area contributed by atoms with Gasteiger partial charge < -0.3 is 14.2 Å². The number of esters is 1. The average molecular weight is 586 g/mol. The zero-order valence-electron chi connectivity index (χ0n) is 21.5. The molecule has 10 heteroatoms. The summed E-state index contributed by atoms with van der Waals surface area (Å²) in [6.07, 6.45) is 1.55. The van der Waals surface area contributed by atoms with Crippen LogP contribution in [-0.2, 0) is 4.79 Å². The number of carbonyl (C=O) groups is 3. The molecule has 3 aromatic rings. The molecule has 2 amide bonds. The van der Waals surface area contributed by atoms with Crippen molar-refractivity contribution in [1.82, 2.24) is 4.90 Å². The van der Waals surface area contributed by atoms with Crippen molar-refractivity contribution in [1.29, 1.82) is 0 Å². The summed E-state index contributed by atoms with van der Waals surface area (Å²) in [5, 5.41) is -0.0608. The third-order valence-corrected chi connectivity index (χ3v) is 7.23. The first-order valence-corrected chi connectivity index (χ1v) is 13.6. The Morgan fingerprint density at radius 3 is 2.49 bits per heavy atom. The standard InChI is InChI=1S/C29H25Cl2NO6S/c1-4-36-24-15-19(14-22(31)26(24)38-28(34)20-7-5-6-8-21(20)30)16-25-27(33)32(29(35)39-25)11-12-37-23-13-17(2)9-10-18(23)3/h5-10,13-16H,4,11-12H2,1-3H3/b25-16-. The smallest absolute Gasteiger partial charge is 0.345 e. The van der Waals surface area contributed by atoms with Crippen LogP contribution >= 0.6 is 35.0 Å². The van der Waals surface area contributed by atoms with Crippen molar-refractivity contribution in [2.45, 2.75) is 20.8 Å². The van der Waals surface area contributed by atoms with Crippen LogP contribution in [0, 0.1) is 13.8 Å². The van der Waals surface area contributed by atoms with E-state index in [1.165, 1.54) is 12.1 Å². The van der Waals surface area contributed by atoms with E-state index in [2.05, 4.69) is 0 Å². The highest BCUT2D eigenvalue weighted by atomic mass is 35.5. The summed E-state index contributed by atoms with van der Waals surface area (Å²) >= 11 is 13.4. The molecule has 4 rings (SSSR count). The first-order valence-electron chi connectivity index (χ1n) is 12.1. The van der Waals surface area contributed by atoms with Crippen LogP contribution in [0.2, 0.25) is 10.0 Å². The second-order valence-corrected chi connectivity index (χ2v) is 10.4. The molecule has 1 fully saturated rings. The van der Waals surface area contributed by atoms with Gasteiger partial charge in [0.15, 0.2) is 11.5 Å². The predicted molar refractivity (Wildman–Crippen MR) is 153 cm³/mol. The van der Waals surface area contributed by atoms with Gasteiger partial charge in [0, 0.05) is 0 Å².